The molecule has 0 amide bonds. The van der Waals surface area contributed by atoms with Crippen LogP contribution in [0.3, 0.4) is 0 Å². The number of thioether (sulfide) groups is 1. The van der Waals surface area contributed by atoms with Gasteiger partial charge >= 0.3 is 5.69 Å². The Labute approximate surface area is 116 Å². The van der Waals surface area contributed by atoms with Gasteiger partial charge in [-0.3, -0.25) is 10.1 Å². The number of rotatable bonds is 6. The Bertz CT molecular complexity index is 621. The summed E-state index contributed by atoms with van der Waals surface area (Å²) in [5.41, 5.74) is -0.360. The Morgan fingerprint density at radius 1 is 1.50 bits per heavy atom. The van der Waals surface area contributed by atoms with Gasteiger partial charge in [-0.1, -0.05) is 23.9 Å². The number of aliphatic hydroxyl groups excluding tert-OH is 1. The summed E-state index contributed by atoms with van der Waals surface area (Å²) in [5.74, 6) is -0.703. The quantitative estimate of drug-likeness (QED) is 0.481. The molecule has 0 atom stereocenters. The number of aromatic nitrogens is 4. The molecule has 106 valence electrons. The first-order chi connectivity index (χ1) is 9.63. The van der Waals surface area contributed by atoms with Gasteiger partial charge in [-0.15, -0.1) is 5.10 Å². The van der Waals surface area contributed by atoms with Crippen molar-refractivity contribution < 1.29 is 14.4 Å². The van der Waals surface area contributed by atoms with Gasteiger partial charge in [-0.25, -0.2) is 4.68 Å². The normalized spacial score (nSPS) is 10.7. The van der Waals surface area contributed by atoms with E-state index in [4.69, 9.17) is 5.11 Å². The van der Waals surface area contributed by atoms with Crippen LogP contribution in [0.25, 0.3) is 0 Å². The van der Waals surface area contributed by atoms with E-state index in [1.165, 1.54) is 16.8 Å². The Balaban J connectivity index is 2.13. The molecule has 1 aromatic carbocycles. The van der Waals surface area contributed by atoms with Gasteiger partial charge in [-0.05, 0) is 10.4 Å². The smallest absolute Gasteiger partial charge is 0.305 e. The van der Waals surface area contributed by atoms with Gasteiger partial charge in [0.15, 0.2) is 0 Å². The lowest BCUT2D eigenvalue weighted by Gasteiger charge is -2.04. The van der Waals surface area contributed by atoms with Crippen molar-refractivity contribution in [3.8, 4) is 0 Å². The first-order valence-electron chi connectivity index (χ1n) is 5.55. The lowest BCUT2D eigenvalue weighted by molar-refractivity contribution is -0.387. The fourth-order valence-electron chi connectivity index (χ4n) is 1.50. The lowest BCUT2D eigenvalue weighted by Crippen LogP contribution is -2.06. The molecule has 0 aliphatic heterocycles. The molecule has 1 aromatic heterocycles. The molecule has 0 bridgehead atoms. The number of halogens is 1. The first-order valence-corrected chi connectivity index (χ1v) is 6.53. The summed E-state index contributed by atoms with van der Waals surface area (Å²) in [5, 5.41) is 30.7. The van der Waals surface area contributed by atoms with Crippen LogP contribution in [0, 0.1) is 15.9 Å². The largest absolute Gasteiger partial charge is 0.394 e. The number of nitro benzene ring substituents is 1. The third kappa shape index (κ3) is 3.08. The van der Waals surface area contributed by atoms with E-state index in [0.717, 1.165) is 17.8 Å². The average molecular weight is 299 g/mol. The van der Waals surface area contributed by atoms with E-state index < -0.39 is 16.4 Å². The molecule has 1 N–H and O–H groups in total. The Morgan fingerprint density at radius 3 is 3.00 bits per heavy atom. The predicted octanol–water partition coefficient (Wildman–Crippen LogP) is 1.00. The van der Waals surface area contributed by atoms with Crippen LogP contribution in [0.4, 0.5) is 10.1 Å². The molecule has 2 aromatic rings. The molecular formula is C10H10FN5O3S. The number of hydrogen-bond donors (Lipinski definition) is 1. The molecule has 20 heavy (non-hydrogen) atoms. The second kappa shape index (κ2) is 6.39. The molecular weight excluding hydrogens is 289 g/mol. The van der Waals surface area contributed by atoms with Crippen LogP contribution in [-0.2, 0) is 12.3 Å². The lowest BCUT2D eigenvalue weighted by atomic mass is 10.2. The van der Waals surface area contributed by atoms with E-state index >= 15 is 0 Å². The third-order valence-electron chi connectivity index (χ3n) is 2.42. The number of nitro groups is 1. The van der Waals surface area contributed by atoms with Gasteiger partial charge in [0, 0.05) is 17.4 Å². The molecule has 8 nitrogen and oxygen atoms in total. The van der Waals surface area contributed by atoms with Gasteiger partial charge in [0.05, 0.1) is 18.1 Å². The van der Waals surface area contributed by atoms with Crippen molar-refractivity contribution in [2.24, 2.45) is 0 Å². The topological polar surface area (TPSA) is 107 Å². The average Bonchev–Trinajstić information content (AvgIpc) is 2.85. The van der Waals surface area contributed by atoms with Gasteiger partial charge in [0.2, 0.25) is 11.0 Å². The van der Waals surface area contributed by atoms with Gasteiger partial charge in [-0.2, -0.15) is 4.39 Å². The van der Waals surface area contributed by atoms with Crippen LogP contribution in [0.2, 0.25) is 0 Å². The maximum atomic E-state index is 13.8. The zero-order chi connectivity index (χ0) is 14.5. The molecule has 10 heteroatoms. The van der Waals surface area contributed by atoms with Crippen molar-refractivity contribution in [3.63, 3.8) is 0 Å². The van der Waals surface area contributed by atoms with Crippen molar-refractivity contribution in [1.29, 1.82) is 0 Å². The van der Waals surface area contributed by atoms with Crippen LogP contribution >= 0.6 is 11.8 Å². The highest BCUT2D eigenvalue weighted by atomic mass is 32.2. The van der Waals surface area contributed by atoms with E-state index in [1.54, 1.807) is 0 Å². The number of tetrazole rings is 1. The number of aliphatic hydroxyl groups is 1. The minimum atomic E-state index is -0.855. The highest BCUT2D eigenvalue weighted by Gasteiger charge is 2.18. The summed E-state index contributed by atoms with van der Waals surface area (Å²) in [6.07, 6.45) is 0. The molecule has 0 radical (unpaired) electrons. The maximum absolute atomic E-state index is 13.8. The van der Waals surface area contributed by atoms with Gasteiger partial charge in [0.25, 0.3) is 0 Å². The minimum absolute atomic E-state index is 0.121. The molecule has 2 rings (SSSR count). The molecule has 0 spiro atoms. The summed E-state index contributed by atoms with van der Waals surface area (Å²) in [6.45, 7) is 0.108. The summed E-state index contributed by atoms with van der Waals surface area (Å²) in [4.78, 5) is 9.88. The van der Waals surface area contributed by atoms with Crippen LogP contribution in [-0.4, -0.2) is 36.8 Å². The zero-order valence-electron chi connectivity index (χ0n) is 10.1. The molecule has 0 aliphatic rings. The number of nitrogens with zero attached hydrogens (tertiary/aromatic N) is 5. The van der Waals surface area contributed by atoms with E-state index in [-0.39, 0.29) is 24.5 Å². The molecule has 0 saturated carbocycles. The SMILES string of the molecule is O=[N+]([O-])c1cccc(CSc2nnnn2CCO)c1F. The van der Waals surface area contributed by atoms with E-state index in [0.29, 0.717) is 5.16 Å². The number of benzene rings is 1. The molecule has 0 saturated heterocycles. The van der Waals surface area contributed by atoms with Crippen LogP contribution in [0.1, 0.15) is 5.56 Å². The van der Waals surface area contributed by atoms with E-state index in [2.05, 4.69) is 15.5 Å². The predicted molar refractivity (Wildman–Crippen MR) is 67.5 cm³/mol. The Kier molecular flexibility index (Phi) is 4.58. The maximum Gasteiger partial charge on any atom is 0.305 e. The van der Waals surface area contributed by atoms with E-state index in [1.807, 2.05) is 0 Å². The molecule has 0 unspecified atom stereocenters. The Hall–Kier alpha value is -2.07. The highest BCUT2D eigenvalue weighted by Crippen LogP contribution is 2.26. The summed E-state index contributed by atoms with van der Waals surface area (Å²) in [7, 11) is 0. The fourth-order valence-corrected chi connectivity index (χ4v) is 2.37. The monoisotopic (exact) mass is 299 g/mol. The second-order valence-corrected chi connectivity index (χ2v) is 4.65. The van der Waals surface area contributed by atoms with Crippen molar-refractivity contribution in [2.45, 2.75) is 17.5 Å². The van der Waals surface area contributed by atoms with Crippen molar-refractivity contribution in [1.82, 2.24) is 20.2 Å². The summed E-state index contributed by atoms with van der Waals surface area (Å²) < 4.78 is 15.2. The van der Waals surface area contributed by atoms with Gasteiger partial charge < -0.3 is 5.11 Å². The zero-order valence-corrected chi connectivity index (χ0v) is 11.0. The van der Waals surface area contributed by atoms with Crippen LogP contribution < -0.4 is 0 Å². The van der Waals surface area contributed by atoms with Crippen LogP contribution in [0.5, 0.6) is 0 Å². The molecule has 0 fully saturated rings. The fraction of sp³-hybridized carbons (Fsp3) is 0.300. The van der Waals surface area contributed by atoms with Gasteiger partial charge in [0.1, 0.15) is 0 Å². The molecule has 1 heterocycles. The highest BCUT2D eigenvalue weighted by molar-refractivity contribution is 7.98. The van der Waals surface area contributed by atoms with E-state index in [9.17, 15) is 14.5 Å². The molecule has 0 aliphatic carbocycles. The summed E-state index contributed by atoms with van der Waals surface area (Å²) >= 11 is 1.13. The second-order valence-electron chi connectivity index (χ2n) is 3.70. The summed E-state index contributed by atoms with van der Waals surface area (Å²) in [6, 6.07) is 4.00. The van der Waals surface area contributed by atoms with Crippen molar-refractivity contribution in [2.75, 3.05) is 6.61 Å². The third-order valence-corrected chi connectivity index (χ3v) is 3.43. The Morgan fingerprint density at radius 2 is 2.30 bits per heavy atom. The van der Waals surface area contributed by atoms with Crippen LogP contribution in [0.15, 0.2) is 23.4 Å². The standard InChI is InChI=1S/C10H10FN5O3S/c11-9-7(2-1-3-8(9)16(18)19)6-20-10-12-13-14-15(10)4-5-17/h1-3,17H,4-6H2. The number of hydrogen-bond acceptors (Lipinski definition) is 7. The minimum Gasteiger partial charge on any atom is -0.394 e. The first kappa shape index (κ1) is 14.3. The van der Waals surface area contributed by atoms with Crippen molar-refractivity contribution >= 4 is 17.4 Å². The van der Waals surface area contributed by atoms with Crippen molar-refractivity contribution in [3.05, 3.63) is 39.7 Å².